The summed E-state index contributed by atoms with van der Waals surface area (Å²) in [6.45, 7) is -0.118. The Bertz CT molecular complexity index is 555. The summed E-state index contributed by atoms with van der Waals surface area (Å²) >= 11 is 0. The summed E-state index contributed by atoms with van der Waals surface area (Å²) in [5, 5.41) is 5.99. The molecule has 0 aliphatic carbocycles. The van der Waals surface area contributed by atoms with Crippen molar-refractivity contribution in [1.29, 1.82) is 0 Å². The van der Waals surface area contributed by atoms with E-state index >= 15 is 0 Å². The predicted molar refractivity (Wildman–Crippen MR) is 54.6 cm³/mol. The van der Waals surface area contributed by atoms with Crippen LogP contribution in [0.5, 0.6) is 0 Å². The summed E-state index contributed by atoms with van der Waals surface area (Å²) in [4.78, 5) is 3.79. The van der Waals surface area contributed by atoms with Crippen LogP contribution in [0, 0.1) is 23.3 Å². The van der Waals surface area contributed by atoms with Crippen molar-refractivity contribution in [1.82, 2.24) is 14.8 Å². The molecule has 0 radical (unpaired) electrons. The number of halogens is 4. The minimum absolute atomic E-state index is 0.118. The van der Waals surface area contributed by atoms with Crippen molar-refractivity contribution in [2.24, 2.45) is 7.05 Å². The van der Waals surface area contributed by atoms with E-state index in [-0.39, 0.29) is 12.6 Å². The second kappa shape index (κ2) is 4.63. The summed E-state index contributed by atoms with van der Waals surface area (Å²) < 4.78 is 53.7. The van der Waals surface area contributed by atoms with Crippen LogP contribution in [-0.4, -0.2) is 14.8 Å². The maximum absolute atomic E-state index is 13.3. The van der Waals surface area contributed by atoms with Gasteiger partial charge in [-0.1, -0.05) is 0 Å². The van der Waals surface area contributed by atoms with E-state index in [2.05, 4.69) is 15.4 Å². The molecule has 18 heavy (non-hydrogen) atoms. The highest BCUT2D eigenvalue weighted by Crippen LogP contribution is 2.24. The molecular formula is C10H8F4N4. The van der Waals surface area contributed by atoms with Crippen molar-refractivity contribution < 1.29 is 17.6 Å². The number of aryl methyl sites for hydroxylation is 1. The summed E-state index contributed by atoms with van der Waals surface area (Å²) in [5.41, 5.74) is -0.865. The number of nitrogens with one attached hydrogen (secondary N) is 1. The van der Waals surface area contributed by atoms with Gasteiger partial charge in [-0.25, -0.2) is 22.5 Å². The van der Waals surface area contributed by atoms with Gasteiger partial charge in [-0.15, -0.1) is 0 Å². The number of benzene rings is 1. The lowest BCUT2D eigenvalue weighted by atomic mass is 10.2. The standard InChI is InChI=1S/C10H8F4N4/c1-18-7(16-4-17-18)3-15-10-8(13)5(11)2-6(12)9(10)14/h2,4,15H,3H2,1H3. The molecule has 1 aromatic carbocycles. The zero-order chi connectivity index (χ0) is 13.3. The zero-order valence-corrected chi connectivity index (χ0v) is 9.22. The molecule has 1 aromatic heterocycles. The van der Waals surface area contributed by atoms with Gasteiger partial charge in [-0.2, -0.15) is 5.10 Å². The third-order valence-corrected chi connectivity index (χ3v) is 2.34. The molecule has 0 aliphatic rings. The van der Waals surface area contributed by atoms with Gasteiger partial charge in [0.15, 0.2) is 23.3 Å². The van der Waals surface area contributed by atoms with Crippen molar-refractivity contribution in [3.8, 4) is 0 Å². The Labute approximate surface area is 99.3 Å². The molecule has 1 N–H and O–H groups in total. The zero-order valence-electron chi connectivity index (χ0n) is 9.22. The molecule has 0 bridgehead atoms. The van der Waals surface area contributed by atoms with Gasteiger partial charge >= 0.3 is 0 Å². The quantitative estimate of drug-likeness (QED) is 0.678. The molecule has 8 heteroatoms. The molecule has 0 unspecified atom stereocenters. The first kappa shape index (κ1) is 12.3. The monoisotopic (exact) mass is 260 g/mol. The minimum Gasteiger partial charge on any atom is -0.373 e. The average molecular weight is 260 g/mol. The van der Waals surface area contributed by atoms with Crippen LogP contribution >= 0.6 is 0 Å². The van der Waals surface area contributed by atoms with E-state index in [1.807, 2.05) is 0 Å². The SMILES string of the molecule is Cn1ncnc1CNc1c(F)c(F)cc(F)c1F. The molecule has 0 spiro atoms. The van der Waals surface area contributed by atoms with Crippen LogP contribution in [0.2, 0.25) is 0 Å². The number of anilines is 1. The number of hydrogen-bond donors (Lipinski definition) is 1. The van der Waals surface area contributed by atoms with E-state index in [9.17, 15) is 17.6 Å². The lowest BCUT2D eigenvalue weighted by Gasteiger charge is -2.09. The van der Waals surface area contributed by atoms with Crippen LogP contribution in [0.15, 0.2) is 12.4 Å². The molecule has 0 aliphatic heterocycles. The fraction of sp³-hybridized carbons (Fsp3) is 0.200. The van der Waals surface area contributed by atoms with Crippen LogP contribution in [0.25, 0.3) is 0 Å². The van der Waals surface area contributed by atoms with Crippen LogP contribution < -0.4 is 5.32 Å². The Balaban J connectivity index is 2.27. The molecule has 96 valence electrons. The highest BCUT2D eigenvalue weighted by molar-refractivity contribution is 5.47. The van der Waals surface area contributed by atoms with E-state index < -0.39 is 29.0 Å². The lowest BCUT2D eigenvalue weighted by molar-refractivity contribution is 0.458. The Morgan fingerprint density at radius 1 is 1.17 bits per heavy atom. The Hall–Kier alpha value is -2.12. The van der Waals surface area contributed by atoms with Gasteiger partial charge in [-0.05, 0) is 0 Å². The highest BCUT2D eigenvalue weighted by atomic mass is 19.2. The molecule has 0 amide bonds. The van der Waals surface area contributed by atoms with Gasteiger partial charge < -0.3 is 5.32 Å². The topological polar surface area (TPSA) is 42.7 Å². The predicted octanol–water partition coefficient (Wildman–Crippen LogP) is 1.98. The molecular weight excluding hydrogens is 252 g/mol. The molecule has 0 saturated heterocycles. The Kier molecular flexibility index (Phi) is 3.17. The van der Waals surface area contributed by atoms with E-state index in [1.54, 1.807) is 7.05 Å². The van der Waals surface area contributed by atoms with Crippen molar-refractivity contribution in [2.75, 3.05) is 5.32 Å². The number of rotatable bonds is 3. The van der Waals surface area contributed by atoms with E-state index in [4.69, 9.17) is 0 Å². The summed E-state index contributed by atoms with van der Waals surface area (Å²) in [6.07, 6.45) is 1.25. The molecule has 0 atom stereocenters. The van der Waals surface area contributed by atoms with Crippen LogP contribution in [0.4, 0.5) is 23.2 Å². The van der Waals surface area contributed by atoms with Crippen LogP contribution in [0.1, 0.15) is 5.82 Å². The number of nitrogens with zero attached hydrogens (tertiary/aromatic N) is 3. The fourth-order valence-electron chi connectivity index (χ4n) is 1.38. The van der Waals surface area contributed by atoms with Gasteiger partial charge in [0.1, 0.15) is 17.8 Å². The number of aromatic nitrogens is 3. The molecule has 2 aromatic rings. The van der Waals surface area contributed by atoms with E-state index in [1.165, 1.54) is 11.0 Å². The maximum atomic E-state index is 13.3. The van der Waals surface area contributed by atoms with Crippen molar-refractivity contribution in [3.63, 3.8) is 0 Å². The summed E-state index contributed by atoms with van der Waals surface area (Å²) in [6, 6.07) is 0.151. The van der Waals surface area contributed by atoms with Crippen LogP contribution in [0.3, 0.4) is 0 Å². The van der Waals surface area contributed by atoms with Crippen molar-refractivity contribution in [2.45, 2.75) is 6.54 Å². The Morgan fingerprint density at radius 2 is 1.78 bits per heavy atom. The Morgan fingerprint density at radius 3 is 2.28 bits per heavy atom. The van der Waals surface area contributed by atoms with E-state index in [0.717, 1.165) is 0 Å². The molecule has 1 heterocycles. The van der Waals surface area contributed by atoms with Gasteiger partial charge in [0, 0.05) is 13.1 Å². The molecule has 2 rings (SSSR count). The second-order valence-electron chi connectivity index (χ2n) is 3.50. The van der Waals surface area contributed by atoms with Crippen molar-refractivity contribution in [3.05, 3.63) is 41.5 Å². The van der Waals surface area contributed by atoms with Gasteiger partial charge in [0.2, 0.25) is 0 Å². The van der Waals surface area contributed by atoms with Gasteiger partial charge in [0.05, 0.1) is 6.54 Å². The maximum Gasteiger partial charge on any atom is 0.185 e. The minimum atomic E-state index is -1.48. The first-order chi connectivity index (χ1) is 8.50. The second-order valence-corrected chi connectivity index (χ2v) is 3.50. The molecule has 4 nitrogen and oxygen atoms in total. The smallest absolute Gasteiger partial charge is 0.185 e. The lowest BCUT2D eigenvalue weighted by Crippen LogP contribution is -2.10. The number of hydrogen-bond acceptors (Lipinski definition) is 3. The third-order valence-electron chi connectivity index (χ3n) is 2.34. The molecule has 0 saturated carbocycles. The average Bonchev–Trinajstić information content (AvgIpc) is 2.73. The summed E-state index contributed by atoms with van der Waals surface area (Å²) in [7, 11) is 1.57. The van der Waals surface area contributed by atoms with Crippen LogP contribution in [-0.2, 0) is 13.6 Å². The first-order valence-corrected chi connectivity index (χ1v) is 4.90. The highest BCUT2D eigenvalue weighted by Gasteiger charge is 2.19. The van der Waals surface area contributed by atoms with Gasteiger partial charge in [-0.3, -0.25) is 4.68 Å². The van der Waals surface area contributed by atoms with Gasteiger partial charge in [0.25, 0.3) is 0 Å². The third kappa shape index (κ3) is 2.13. The summed E-state index contributed by atoms with van der Waals surface area (Å²) in [5.74, 6) is -5.52. The first-order valence-electron chi connectivity index (χ1n) is 4.90. The molecule has 0 fully saturated rings. The van der Waals surface area contributed by atoms with Crippen molar-refractivity contribution >= 4 is 5.69 Å². The normalized spacial score (nSPS) is 10.7. The largest absolute Gasteiger partial charge is 0.373 e. The van der Waals surface area contributed by atoms with E-state index in [0.29, 0.717) is 5.82 Å². The fourth-order valence-corrected chi connectivity index (χ4v) is 1.38.